The van der Waals surface area contributed by atoms with Crippen LogP contribution in [-0.2, 0) is 19.6 Å². The SMILES string of the molecule is CCCCCCC#CCCCCOC1CCCCO1.CO.Cc1ccc(S(=O)(=O)O)cc1.OCCCCC#CCCCCCO.[B]B([B])B(B([B])[B])B([B])[B].[B][B]B([B])B(B([B])[B])B([B])[B]. The van der Waals surface area contributed by atoms with Crippen molar-refractivity contribution in [3.8, 4) is 23.7 Å². The summed E-state index contributed by atoms with van der Waals surface area (Å²) in [7, 11) is 62.2. The quantitative estimate of drug-likeness (QED) is 0.0462. The van der Waals surface area contributed by atoms with Crippen LogP contribution in [-0.4, -0.2) is 219 Å². The molecular formula is C36H62B21O8S. The van der Waals surface area contributed by atoms with Crippen LogP contribution in [0, 0.1) is 30.6 Å². The van der Waals surface area contributed by atoms with E-state index in [1.165, 1.54) is 57.7 Å². The van der Waals surface area contributed by atoms with Gasteiger partial charge in [-0.2, -0.15) is 8.42 Å². The predicted octanol–water partition coefficient (Wildman–Crippen LogP) is -0.768. The van der Waals surface area contributed by atoms with Crippen molar-refractivity contribution in [3.63, 3.8) is 0 Å². The van der Waals surface area contributed by atoms with E-state index >= 15 is 0 Å². The second-order valence-corrected chi connectivity index (χ2v) is 16.9. The predicted molar refractivity (Wildman–Crippen MR) is 304 cm³/mol. The summed E-state index contributed by atoms with van der Waals surface area (Å²) in [5.41, 5.74) is 0.956. The molecule has 1 unspecified atom stereocenters. The van der Waals surface area contributed by atoms with Crippen LogP contribution in [0.2, 0.25) is 0 Å². The largest absolute Gasteiger partial charge is 0.400 e. The minimum absolute atomic E-state index is 0.0666. The molecule has 1 atom stereocenters. The van der Waals surface area contributed by atoms with Crippen molar-refractivity contribution < 1.29 is 37.8 Å². The van der Waals surface area contributed by atoms with Gasteiger partial charge in [0.05, 0.1) is 4.90 Å². The van der Waals surface area contributed by atoms with E-state index in [9.17, 15) is 8.42 Å². The summed E-state index contributed by atoms with van der Waals surface area (Å²) >= 11 is 0. The average molecular weight is 882 g/mol. The Morgan fingerprint density at radius 3 is 1.39 bits per heavy atom. The number of aliphatic hydroxyl groups excluding tert-OH is 3. The standard InChI is InChI=1S/C17H30O2.C11H20O2.C7H8O3S.CH4O.B11.B10/c1-2-3-4-5-6-7-8-9-10-12-15-18-17-14-11-13-16-19-17;12-10-8-6-4-2-1-3-5-7-9-11-13;1-6-2-4-7(5-3-6)11(8,9)10;1-2;1-7-10(6)11(8(2)3)9(4)5;1-7(2)10(8(3)4)9(5)6/h17H,2-6,9-16H2,1H3;12-13H,2,4-11H2;2-5H,1H3,(H,8,9,10);2H,1H3;;. The highest BCUT2D eigenvalue weighted by molar-refractivity contribution is 8.02. The van der Waals surface area contributed by atoms with Gasteiger partial charge in [0.2, 0.25) is 0 Å². The molecule has 66 heavy (non-hydrogen) atoms. The van der Waals surface area contributed by atoms with E-state index in [0.717, 1.165) is 103 Å². The Balaban J connectivity index is -0.000000369. The molecular weight excluding hydrogens is 820 g/mol. The fourth-order valence-corrected chi connectivity index (χ4v) is 6.05. The second-order valence-electron chi connectivity index (χ2n) is 15.5. The maximum absolute atomic E-state index is 10.5. The lowest BCUT2D eigenvalue weighted by molar-refractivity contribution is -0.162. The molecule has 1 fully saturated rings. The van der Waals surface area contributed by atoms with Gasteiger partial charge in [0.25, 0.3) is 10.1 Å². The first kappa shape index (κ1) is 72.0. The highest BCUT2D eigenvalue weighted by Gasteiger charge is 2.27. The Labute approximate surface area is 424 Å². The summed E-state index contributed by atoms with van der Waals surface area (Å²) in [6, 6.07) is 5.99. The molecule has 30 heteroatoms. The highest BCUT2D eigenvalue weighted by atomic mass is 32.2. The zero-order chi connectivity index (χ0) is 51.2. The topological polar surface area (TPSA) is 134 Å². The Bertz CT molecular complexity index is 1400. The second kappa shape index (κ2) is 50.8. The molecule has 323 valence electrons. The molecule has 1 aromatic carbocycles. The summed E-state index contributed by atoms with van der Waals surface area (Å²) in [5.74, 6) is 12.7. The first-order valence-corrected chi connectivity index (χ1v) is 24.5. The normalized spacial score (nSPS) is 12.0. The number of rotatable bonds is 24. The van der Waals surface area contributed by atoms with Crippen LogP contribution in [0.15, 0.2) is 29.2 Å². The van der Waals surface area contributed by atoms with Crippen LogP contribution in [0.5, 0.6) is 0 Å². The smallest absolute Gasteiger partial charge is 0.294 e. The van der Waals surface area contributed by atoms with Crippen molar-refractivity contribution in [2.24, 2.45) is 0 Å². The summed E-state index contributed by atoms with van der Waals surface area (Å²) in [4.78, 5) is -0.0666. The third kappa shape index (κ3) is 47.1. The van der Waals surface area contributed by atoms with Gasteiger partial charge in [-0.05, 0) is 83.3 Å². The van der Waals surface area contributed by atoms with Crippen molar-refractivity contribution in [1.29, 1.82) is 0 Å². The lowest BCUT2D eigenvalue weighted by Crippen LogP contribution is -2.63. The number of benzene rings is 1. The fourth-order valence-electron chi connectivity index (χ4n) is 5.57. The molecule has 1 aliphatic rings. The summed E-state index contributed by atoms with van der Waals surface area (Å²) in [6.07, 6.45) is 15.3. The molecule has 0 aromatic heterocycles. The Hall–Kier alpha value is -0.586. The molecule has 0 amide bonds. The lowest BCUT2D eigenvalue weighted by Gasteiger charge is -2.25. The van der Waals surface area contributed by atoms with Crippen LogP contribution in [0.25, 0.3) is 0 Å². The van der Waals surface area contributed by atoms with E-state index in [2.05, 4.69) is 30.6 Å². The van der Waals surface area contributed by atoms with E-state index < -0.39 is 54.8 Å². The Morgan fingerprint density at radius 1 is 0.652 bits per heavy atom. The number of hydrogen-bond donors (Lipinski definition) is 4. The van der Waals surface area contributed by atoms with Gasteiger partial charge >= 0.3 is 0 Å². The molecule has 0 aliphatic carbocycles. The van der Waals surface area contributed by atoms with E-state index in [0.29, 0.717) is 6.61 Å². The molecule has 0 saturated carbocycles. The van der Waals surface area contributed by atoms with E-state index in [1.807, 2.05) is 6.92 Å². The van der Waals surface area contributed by atoms with Crippen LogP contribution < -0.4 is 0 Å². The number of aryl methyl sites for hydroxylation is 1. The van der Waals surface area contributed by atoms with E-state index in [1.54, 1.807) is 12.1 Å². The lowest BCUT2D eigenvalue weighted by atomic mass is 8.56. The van der Waals surface area contributed by atoms with E-state index in [-0.39, 0.29) is 24.2 Å². The van der Waals surface area contributed by atoms with E-state index in [4.69, 9.17) is 122 Å². The Morgan fingerprint density at radius 2 is 1.06 bits per heavy atom. The van der Waals surface area contributed by atoms with Gasteiger partial charge in [-0.25, -0.2) is 0 Å². The molecule has 25 radical (unpaired) electrons. The highest BCUT2D eigenvalue weighted by Crippen LogP contribution is 2.14. The average Bonchev–Trinajstić information content (AvgIpc) is 3.26. The van der Waals surface area contributed by atoms with Gasteiger partial charge in [0.1, 0.15) is 0 Å². The third-order valence-electron chi connectivity index (χ3n) is 9.42. The number of hydrogen-bond acceptors (Lipinski definition) is 7. The summed E-state index contributed by atoms with van der Waals surface area (Å²) < 4.78 is 40.8. The molecule has 0 spiro atoms. The molecule has 1 aliphatic heterocycles. The minimum Gasteiger partial charge on any atom is -0.400 e. The van der Waals surface area contributed by atoms with Gasteiger partial charge in [-0.3, -0.25) is 4.55 Å². The van der Waals surface area contributed by atoms with Crippen molar-refractivity contribution >= 4 is 161 Å². The zero-order valence-corrected chi connectivity index (χ0v) is 41.2. The maximum Gasteiger partial charge on any atom is 0.294 e. The fraction of sp³-hybridized carbons (Fsp3) is 0.722. The van der Waals surface area contributed by atoms with Gasteiger partial charge < -0.3 is 24.8 Å². The summed E-state index contributed by atoms with van der Waals surface area (Å²) in [6.45, 7) is 6.35. The van der Waals surface area contributed by atoms with Gasteiger partial charge in [-0.1, -0.05) is 50.3 Å². The first-order chi connectivity index (χ1) is 31.3. The molecule has 2 rings (SSSR count). The molecule has 1 aromatic rings. The molecule has 4 N–H and O–H groups in total. The van der Waals surface area contributed by atoms with Crippen molar-refractivity contribution in [1.82, 2.24) is 0 Å². The minimum atomic E-state index is -4.02. The van der Waals surface area contributed by atoms with Gasteiger partial charge in [0, 0.05) is 210 Å². The van der Waals surface area contributed by atoms with Crippen molar-refractivity contribution in [2.45, 2.75) is 141 Å². The van der Waals surface area contributed by atoms with Gasteiger partial charge in [0.15, 0.2) is 6.29 Å². The van der Waals surface area contributed by atoms with Gasteiger partial charge in [-0.15, -0.1) is 23.7 Å². The molecule has 1 saturated heterocycles. The number of unbranched alkanes of at least 4 members (excludes halogenated alkanes) is 11. The first-order valence-electron chi connectivity index (χ1n) is 23.0. The van der Waals surface area contributed by atoms with Crippen LogP contribution in [0.3, 0.4) is 0 Å². The monoisotopic (exact) mass is 886 g/mol. The number of aliphatic hydroxyl groups is 3. The van der Waals surface area contributed by atoms with Crippen molar-refractivity contribution in [2.75, 3.05) is 33.5 Å². The van der Waals surface area contributed by atoms with Crippen molar-refractivity contribution in [3.05, 3.63) is 29.8 Å². The maximum atomic E-state index is 10.5. The third-order valence-corrected chi connectivity index (χ3v) is 10.3. The summed E-state index contributed by atoms with van der Waals surface area (Å²) in [5, 5.41) is 24.0. The Kier molecular flexibility index (Phi) is 55.4. The molecule has 8 nitrogen and oxygen atoms in total. The van der Waals surface area contributed by atoms with Crippen LogP contribution in [0.1, 0.15) is 128 Å². The molecule has 1 heterocycles. The van der Waals surface area contributed by atoms with Crippen LogP contribution >= 0.6 is 0 Å². The number of ether oxygens (including phenoxy) is 2. The van der Waals surface area contributed by atoms with Crippen LogP contribution in [0.4, 0.5) is 0 Å². The molecule has 0 bridgehead atoms. The zero-order valence-electron chi connectivity index (χ0n) is 40.4.